The molecule has 0 bridgehead atoms. The van der Waals surface area contributed by atoms with E-state index in [0.717, 1.165) is 43.3 Å². The molecule has 100 valence electrons. The third kappa shape index (κ3) is 3.51. The highest BCUT2D eigenvalue weighted by Crippen LogP contribution is 2.11. The van der Waals surface area contributed by atoms with Crippen molar-refractivity contribution in [3.8, 4) is 0 Å². The molecule has 1 aromatic rings. The molecule has 1 amide bonds. The highest BCUT2D eigenvalue weighted by atomic mass is 32.1. The smallest absolute Gasteiger partial charge is 0.223 e. The van der Waals surface area contributed by atoms with Gasteiger partial charge in [-0.1, -0.05) is 0 Å². The zero-order valence-corrected chi connectivity index (χ0v) is 11.6. The van der Waals surface area contributed by atoms with Crippen LogP contribution in [0.3, 0.4) is 0 Å². The van der Waals surface area contributed by atoms with Gasteiger partial charge in [-0.25, -0.2) is 4.98 Å². The fourth-order valence-corrected chi connectivity index (χ4v) is 2.72. The van der Waals surface area contributed by atoms with Crippen LogP contribution in [-0.2, 0) is 17.8 Å². The van der Waals surface area contributed by atoms with Crippen LogP contribution in [-0.4, -0.2) is 53.9 Å². The molecule has 1 fully saturated rings. The second-order valence-corrected chi connectivity index (χ2v) is 5.56. The number of aryl methyl sites for hydroxylation is 1. The first-order chi connectivity index (χ1) is 8.69. The molecule has 0 aliphatic carbocycles. The van der Waals surface area contributed by atoms with E-state index in [2.05, 4.69) is 16.9 Å². The first-order valence-corrected chi connectivity index (χ1v) is 7.16. The van der Waals surface area contributed by atoms with Gasteiger partial charge in [-0.05, 0) is 13.5 Å². The summed E-state index contributed by atoms with van der Waals surface area (Å²) in [5.41, 5.74) is 6.51. The van der Waals surface area contributed by atoms with Crippen molar-refractivity contribution in [2.24, 2.45) is 5.73 Å². The summed E-state index contributed by atoms with van der Waals surface area (Å²) in [6.07, 6.45) is 1.28. The summed E-state index contributed by atoms with van der Waals surface area (Å²) in [6, 6.07) is 0. The topological polar surface area (TPSA) is 62.5 Å². The molecule has 2 N–H and O–H groups in total. The van der Waals surface area contributed by atoms with Crippen molar-refractivity contribution in [2.45, 2.75) is 19.4 Å². The number of nitrogens with two attached hydrogens (primary N) is 1. The van der Waals surface area contributed by atoms with Crippen LogP contribution in [0.5, 0.6) is 0 Å². The maximum Gasteiger partial charge on any atom is 0.223 e. The van der Waals surface area contributed by atoms with E-state index in [4.69, 9.17) is 5.73 Å². The predicted octanol–water partition coefficient (Wildman–Crippen LogP) is 0.308. The Morgan fingerprint density at radius 1 is 1.44 bits per heavy atom. The molecule has 2 rings (SSSR count). The van der Waals surface area contributed by atoms with E-state index >= 15 is 0 Å². The largest absolute Gasteiger partial charge is 0.340 e. The molecule has 0 radical (unpaired) electrons. The Kier molecular flexibility index (Phi) is 4.68. The van der Waals surface area contributed by atoms with Gasteiger partial charge in [0.05, 0.1) is 5.69 Å². The molecule has 1 aliphatic rings. The predicted molar refractivity (Wildman–Crippen MR) is 72.4 cm³/mol. The summed E-state index contributed by atoms with van der Waals surface area (Å²) in [7, 11) is 2.09. The Morgan fingerprint density at radius 2 is 2.17 bits per heavy atom. The number of hydrogen-bond donors (Lipinski definition) is 1. The lowest BCUT2D eigenvalue weighted by atomic mass is 10.2. The number of aromatic nitrogens is 1. The van der Waals surface area contributed by atoms with Gasteiger partial charge in [0, 0.05) is 44.5 Å². The molecule has 0 atom stereocenters. The quantitative estimate of drug-likeness (QED) is 0.853. The highest BCUT2D eigenvalue weighted by Gasteiger charge is 2.18. The maximum absolute atomic E-state index is 12.0. The summed E-state index contributed by atoms with van der Waals surface area (Å²) in [4.78, 5) is 20.6. The van der Waals surface area contributed by atoms with Gasteiger partial charge in [0.25, 0.3) is 0 Å². The molecule has 1 saturated heterocycles. The van der Waals surface area contributed by atoms with Crippen LogP contribution >= 0.6 is 11.3 Å². The summed E-state index contributed by atoms with van der Waals surface area (Å²) >= 11 is 1.57. The van der Waals surface area contributed by atoms with Gasteiger partial charge in [-0.3, -0.25) is 4.79 Å². The number of hydrogen-bond acceptors (Lipinski definition) is 5. The molecule has 0 saturated carbocycles. The zero-order valence-electron chi connectivity index (χ0n) is 10.8. The molecule has 18 heavy (non-hydrogen) atoms. The molecule has 2 heterocycles. The van der Waals surface area contributed by atoms with Crippen LogP contribution in [0.15, 0.2) is 5.38 Å². The average molecular weight is 268 g/mol. The van der Waals surface area contributed by atoms with Crippen molar-refractivity contribution in [1.82, 2.24) is 14.8 Å². The third-order valence-electron chi connectivity index (χ3n) is 3.22. The van der Waals surface area contributed by atoms with Gasteiger partial charge < -0.3 is 15.5 Å². The number of rotatable bonds is 4. The number of thiazole rings is 1. The van der Waals surface area contributed by atoms with Crippen LogP contribution in [0.25, 0.3) is 0 Å². The Balaban J connectivity index is 1.77. The second kappa shape index (κ2) is 6.26. The SMILES string of the molecule is CN1CCN(C(=O)CCc2csc(CN)n2)CC1. The monoisotopic (exact) mass is 268 g/mol. The summed E-state index contributed by atoms with van der Waals surface area (Å²) < 4.78 is 0. The van der Waals surface area contributed by atoms with E-state index in [0.29, 0.717) is 13.0 Å². The van der Waals surface area contributed by atoms with Crippen molar-refractivity contribution in [3.63, 3.8) is 0 Å². The molecule has 0 aromatic carbocycles. The van der Waals surface area contributed by atoms with Gasteiger partial charge in [0.2, 0.25) is 5.91 Å². The Bertz CT molecular complexity index is 399. The first kappa shape index (κ1) is 13.5. The Morgan fingerprint density at radius 3 is 2.78 bits per heavy atom. The summed E-state index contributed by atoms with van der Waals surface area (Å²) in [6.45, 7) is 4.12. The fourth-order valence-electron chi connectivity index (χ4n) is 2.01. The summed E-state index contributed by atoms with van der Waals surface area (Å²) in [5.74, 6) is 0.241. The van der Waals surface area contributed by atoms with Crippen LogP contribution in [0.4, 0.5) is 0 Å². The number of piperazine rings is 1. The number of amides is 1. The molecule has 5 nitrogen and oxygen atoms in total. The van der Waals surface area contributed by atoms with Crippen molar-refractivity contribution in [2.75, 3.05) is 33.2 Å². The van der Waals surface area contributed by atoms with Crippen LogP contribution in [0.1, 0.15) is 17.1 Å². The first-order valence-electron chi connectivity index (χ1n) is 6.28. The molecule has 6 heteroatoms. The van der Waals surface area contributed by atoms with Gasteiger partial charge in [-0.2, -0.15) is 0 Å². The Labute approximate surface area is 112 Å². The number of nitrogens with zero attached hydrogens (tertiary/aromatic N) is 3. The van der Waals surface area contributed by atoms with Crippen LogP contribution in [0.2, 0.25) is 0 Å². The minimum atomic E-state index is 0.241. The van der Waals surface area contributed by atoms with E-state index in [1.807, 2.05) is 10.3 Å². The van der Waals surface area contributed by atoms with Gasteiger partial charge in [0.15, 0.2) is 0 Å². The van der Waals surface area contributed by atoms with E-state index in [-0.39, 0.29) is 5.91 Å². The van der Waals surface area contributed by atoms with E-state index in [1.165, 1.54) is 0 Å². The third-order valence-corrected chi connectivity index (χ3v) is 4.14. The Hall–Kier alpha value is -0.980. The zero-order chi connectivity index (χ0) is 13.0. The molecule has 0 unspecified atom stereocenters. The molecule has 0 spiro atoms. The molecule has 1 aliphatic heterocycles. The minimum Gasteiger partial charge on any atom is -0.340 e. The molecule has 1 aromatic heterocycles. The van der Waals surface area contributed by atoms with Crippen LogP contribution < -0.4 is 5.73 Å². The number of carbonyl (C=O) groups excluding carboxylic acids is 1. The summed E-state index contributed by atoms with van der Waals surface area (Å²) in [5, 5.41) is 2.94. The number of likely N-dealkylation sites (N-methyl/N-ethyl adjacent to an activating group) is 1. The highest BCUT2D eigenvalue weighted by molar-refractivity contribution is 7.09. The minimum absolute atomic E-state index is 0.241. The van der Waals surface area contributed by atoms with Crippen molar-refractivity contribution in [3.05, 3.63) is 16.1 Å². The fraction of sp³-hybridized carbons (Fsp3) is 0.667. The molecular formula is C12H20N4OS. The van der Waals surface area contributed by atoms with E-state index in [9.17, 15) is 4.79 Å². The van der Waals surface area contributed by atoms with E-state index in [1.54, 1.807) is 11.3 Å². The van der Waals surface area contributed by atoms with Gasteiger partial charge >= 0.3 is 0 Å². The van der Waals surface area contributed by atoms with Crippen LogP contribution in [0, 0.1) is 0 Å². The van der Waals surface area contributed by atoms with Crippen molar-refractivity contribution in [1.29, 1.82) is 0 Å². The maximum atomic E-state index is 12.0. The average Bonchev–Trinajstić information content (AvgIpc) is 2.85. The van der Waals surface area contributed by atoms with Gasteiger partial charge in [0.1, 0.15) is 5.01 Å². The lowest BCUT2D eigenvalue weighted by Crippen LogP contribution is -2.47. The second-order valence-electron chi connectivity index (χ2n) is 4.62. The van der Waals surface area contributed by atoms with Crippen molar-refractivity contribution < 1.29 is 4.79 Å². The normalized spacial score (nSPS) is 17.1. The van der Waals surface area contributed by atoms with Gasteiger partial charge in [-0.15, -0.1) is 11.3 Å². The van der Waals surface area contributed by atoms with Crippen molar-refractivity contribution >= 4 is 17.2 Å². The number of carbonyl (C=O) groups is 1. The lowest BCUT2D eigenvalue weighted by Gasteiger charge is -2.32. The standard InChI is InChI=1S/C12H20N4OS/c1-15-4-6-16(7-5-15)12(17)3-2-10-9-18-11(8-13)14-10/h9H,2-8,13H2,1H3. The lowest BCUT2D eigenvalue weighted by molar-refractivity contribution is -0.132. The molecular weight excluding hydrogens is 248 g/mol. The van der Waals surface area contributed by atoms with E-state index < -0.39 is 0 Å².